The van der Waals surface area contributed by atoms with Gasteiger partial charge in [0.2, 0.25) is 5.91 Å². The molecule has 0 aliphatic carbocycles. The highest BCUT2D eigenvalue weighted by molar-refractivity contribution is 6.34. The molecule has 2 aromatic rings. The van der Waals surface area contributed by atoms with Crippen LogP contribution in [0.1, 0.15) is 6.92 Å². The molecule has 0 fully saturated rings. The fourth-order valence-electron chi connectivity index (χ4n) is 1.62. The van der Waals surface area contributed by atoms with Gasteiger partial charge in [0.05, 0.1) is 0 Å². The van der Waals surface area contributed by atoms with Crippen molar-refractivity contribution in [3.8, 4) is 0 Å². The second-order valence-electron chi connectivity index (χ2n) is 3.79. The molecular formula is C12H13ClN4O. The van der Waals surface area contributed by atoms with Crippen LogP contribution >= 0.6 is 11.6 Å². The zero-order valence-corrected chi connectivity index (χ0v) is 10.7. The summed E-state index contributed by atoms with van der Waals surface area (Å²) in [4.78, 5) is 10.7. The number of fused-ring (bicyclic) bond motifs is 1. The topological polar surface area (TPSA) is 66.9 Å². The first-order valence-corrected chi connectivity index (χ1v) is 5.95. The average molecular weight is 265 g/mol. The third kappa shape index (κ3) is 2.87. The summed E-state index contributed by atoms with van der Waals surface area (Å²) >= 11 is 5.97. The molecule has 1 amide bonds. The summed E-state index contributed by atoms with van der Waals surface area (Å²) in [5.41, 5.74) is 0. The second-order valence-corrected chi connectivity index (χ2v) is 4.15. The van der Waals surface area contributed by atoms with Crippen LogP contribution in [0.4, 0.5) is 5.82 Å². The lowest BCUT2D eigenvalue weighted by molar-refractivity contribution is -0.118. The number of amides is 1. The quantitative estimate of drug-likeness (QED) is 0.827. The Hall–Kier alpha value is -1.88. The van der Waals surface area contributed by atoms with E-state index in [2.05, 4.69) is 20.8 Å². The van der Waals surface area contributed by atoms with Crippen molar-refractivity contribution in [1.29, 1.82) is 0 Å². The molecular weight excluding hydrogens is 252 g/mol. The SMILES string of the molecule is CC(=O)NCCNc1nnc(Cl)c2ccccc12. The minimum Gasteiger partial charge on any atom is -0.366 e. The van der Waals surface area contributed by atoms with Crippen molar-refractivity contribution in [2.24, 2.45) is 0 Å². The van der Waals surface area contributed by atoms with Crippen molar-refractivity contribution in [3.05, 3.63) is 29.4 Å². The van der Waals surface area contributed by atoms with E-state index >= 15 is 0 Å². The number of hydrogen-bond donors (Lipinski definition) is 2. The Balaban J connectivity index is 2.14. The number of carbonyl (C=O) groups is 1. The number of benzene rings is 1. The van der Waals surface area contributed by atoms with Crippen LogP contribution in [0.3, 0.4) is 0 Å². The van der Waals surface area contributed by atoms with Crippen LogP contribution < -0.4 is 10.6 Å². The molecule has 0 spiro atoms. The first kappa shape index (κ1) is 12.6. The lowest BCUT2D eigenvalue weighted by Crippen LogP contribution is -2.26. The molecule has 94 valence electrons. The fraction of sp³-hybridized carbons (Fsp3) is 0.250. The highest BCUT2D eigenvalue weighted by Crippen LogP contribution is 2.25. The molecule has 2 N–H and O–H groups in total. The Morgan fingerprint density at radius 3 is 2.67 bits per heavy atom. The highest BCUT2D eigenvalue weighted by atomic mass is 35.5. The van der Waals surface area contributed by atoms with E-state index in [-0.39, 0.29) is 5.91 Å². The van der Waals surface area contributed by atoms with Crippen molar-refractivity contribution in [3.63, 3.8) is 0 Å². The van der Waals surface area contributed by atoms with Gasteiger partial charge in [0.15, 0.2) is 11.0 Å². The monoisotopic (exact) mass is 264 g/mol. The van der Waals surface area contributed by atoms with Gasteiger partial charge in [0.25, 0.3) is 0 Å². The zero-order valence-electron chi connectivity index (χ0n) is 9.90. The molecule has 1 aromatic carbocycles. The first-order valence-electron chi connectivity index (χ1n) is 5.57. The summed E-state index contributed by atoms with van der Waals surface area (Å²) in [6.45, 7) is 2.60. The van der Waals surface area contributed by atoms with Crippen molar-refractivity contribution >= 4 is 34.1 Å². The summed E-state index contributed by atoms with van der Waals surface area (Å²) in [7, 11) is 0. The molecule has 0 aliphatic rings. The van der Waals surface area contributed by atoms with E-state index in [9.17, 15) is 4.79 Å². The minimum atomic E-state index is -0.0520. The number of carbonyl (C=O) groups excluding carboxylic acids is 1. The molecule has 0 radical (unpaired) electrons. The maximum atomic E-state index is 10.7. The Bertz CT molecular complexity index is 573. The maximum absolute atomic E-state index is 10.7. The predicted molar refractivity (Wildman–Crippen MR) is 71.7 cm³/mol. The van der Waals surface area contributed by atoms with Crippen molar-refractivity contribution in [2.75, 3.05) is 18.4 Å². The Morgan fingerprint density at radius 2 is 1.94 bits per heavy atom. The van der Waals surface area contributed by atoms with Crippen LogP contribution in [0.5, 0.6) is 0 Å². The number of halogens is 1. The van der Waals surface area contributed by atoms with Gasteiger partial charge >= 0.3 is 0 Å². The van der Waals surface area contributed by atoms with Crippen LogP contribution in [0.25, 0.3) is 10.8 Å². The summed E-state index contributed by atoms with van der Waals surface area (Å²) < 4.78 is 0. The normalized spacial score (nSPS) is 10.3. The molecule has 0 aliphatic heterocycles. The third-order valence-corrected chi connectivity index (χ3v) is 2.71. The first-order chi connectivity index (χ1) is 8.68. The van der Waals surface area contributed by atoms with E-state index in [1.165, 1.54) is 6.92 Å². The molecule has 1 aromatic heterocycles. The van der Waals surface area contributed by atoms with Gasteiger partial charge in [-0.15, -0.1) is 10.2 Å². The zero-order chi connectivity index (χ0) is 13.0. The minimum absolute atomic E-state index is 0.0520. The van der Waals surface area contributed by atoms with Gasteiger partial charge < -0.3 is 10.6 Å². The molecule has 18 heavy (non-hydrogen) atoms. The van der Waals surface area contributed by atoms with Crippen LogP contribution in [0.2, 0.25) is 5.15 Å². The molecule has 0 bridgehead atoms. The van der Waals surface area contributed by atoms with Gasteiger partial charge in [-0.1, -0.05) is 35.9 Å². The Morgan fingerprint density at radius 1 is 1.22 bits per heavy atom. The number of nitrogens with one attached hydrogen (secondary N) is 2. The van der Waals surface area contributed by atoms with Gasteiger partial charge in [-0.3, -0.25) is 4.79 Å². The van der Waals surface area contributed by atoms with Gasteiger partial charge in [0, 0.05) is 30.8 Å². The van der Waals surface area contributed by atoms with Crippen LogP contribution in [0.15, 0.2) is 24.3 Å². The van der Waals surface area contributed by atoms with E-state index in [0.717, 1.165) is 10.8 Å². The highest BCUT2D eigenvalue weighted by Gasteiger charge is 2.06. The number of aromatic nitrogens is 2. The summed E-state index contributed by atoms with van der Waals surface area (Å²) in [6, 6.07) is 7.64. The standard InChI is InChI=1S/C12H13ClN4O/c1-8(18)14-6-7-15-12-10-5-3-2-4-9(10)11(13)16-17-12/h2-5H,6-7H2,1H3,(H,14,18)(H,15,17). The van der Waals surface area contributed by atoms with Crippen molar-refractivity contribution < 1.29 is 4.79 Å². The molecule has 5 nitrogen and oxygen atoms in total. The van der Waals surface area contributed by atoms with E-state index < -0.39 is 0 Å². The number of rotatable bonds is 4. The number of anilines is 1. The van der Waals surface area contributed by atoms with Crippen molar-refractivity contribution in [1.82, 2.24) is 15.5 Å². The predicted octanol–water partition coefficient (Wildman–Crippen LogP) is 1.83. The second kappa shape index (κ2) is 5.64. The molecule has 0 unspecified atom stereocenters. The fourth-order valence-corrected chi connectivity index (χ4v) is 1.82. The van der Waals surface area contributed by atoms with Gasteiger partial charge in [-0.2, -0.15) is 0 Å². The van der Waals surface area contributed by atoms with E-state index in [4.69, 9.17) is 11.6 Å². The summed E-state index contributed by atoms with van der Waals surface area (Å²) in [5, 5.41) is 15.9. The summed E-state index contributed by atoms with van der Waals surface area (Å²) in [6.07, 6.45) is 0. The maximum Gasteiger partial charge on any atom is 0.216 e. The largest absolute Gasteiger partial charge is 0.366 e. The number of hydrogen-bond acceptors (Lipinski definition) is 4. The lowest BCUT2D eigenvalue weighted by Gasteiger charge is -2.08. The molecule has 0 atom stereocenters. The molecule has 6 heteroatoms. The van der Waals surface area contributed by atoms with E-state index in [0.29, 0.717) is 24.1 Å². The Labute approximate surface area is 110 Å². The van der Waals surface area contributed by atoms with Crippen LogP contribution in [0, 0.1) is 0 Å². The molecule has 1 heterocycles. The third-order valence-electron chi connectivity index (χ3n) is 2.43. The van der Waals surface area contributed by atoms with Gasteiger partial charge in [-0.25, -0.2) is 0 Å². The molecule has 0 saturated carbocycles. The lowest BCUT2D eigenvalue weighted by atomic mass is 10.2. The summed E-state index contributed by atoms with van der Waals surface area (Å²) in [5.74, 6) is 0.615. The van der Waals surface area contributed by atoms with E-state index in [1.54, 1.807) is 0 Å². The van der Waals surface area contributed by atoms with Crippen LogP contribution in [-0.2, 0) is 4.79 Å². The van der Waals surface area contributed by atoms with Gasteiger partial charge in [-0.05, 0) is 0 Å². The smallest absolute Gasteiger partial charge is 0.216 e. The van der Waals surface area contributed by atoms with Gasteiger partial charge in [0.1, 0.15) is 0 Å². The van der Waals surface area contributed by atoms with Crippen molar-refractivity contribution in [2.45, 2.75) is 6.92 Å². The molecule has 0 saturated heterocycles. The number of nitrogens with zero attached hydrogens (tertiary/aromatic N) is 2. The van der Waals surface area contributed by atoms with E-state index in [1.807, 2.05) is 24.3 Å². The van der Waals surface area contributed by atoms with Crippen LogP contribution in [-0.4, -0.2) is 29.2 Å². The molecule has 2 rings (SSSR count). The average Bonchev–Trinajstić information content (AvgIpc) is 2.37. The Kier molecular flexibility index (Phi) is 3.94.